The number of β-amino-alcohol motifs (C(OH)–C–C–N with tert-alkyl or cyclic N) is 1. The smallest absolute Gasteiger partial charge is 0.277 e. The minimum atomic E-state index is -0.496. The number of carbonyl (C=O) groups is 3. The Morgan fingerprint density at radius 2 is 1.92 bits per heavy atom. The molecule has 8 heteroatoms. The quantitative estimate of drug-likeness (QED) is 0.635. The van der Waals surface area contributed by atoms with E-state index < -0.39 is 11.8 Å². The van der Waals surface area contributed by atoms with Crippen molar-refractivity contribution in [2.24, 2.45) is 0 Å². The normalized spacial score (nSPS) is 13.7. The molecule has 1 aliphatic heterocycles. The summed E-state index contributed by atoms with van der Waals surface area (Å²) < 4.78 is 5.15. The molecule has 0 saturated heterocycles. The van der Waals surface area contributed by atoms with Crippen molar-refractivity contribution >= 4 is 23.4 Å². The highest BCUT2D eigenvalue weighted by Gasteiger charge is 2.30. The van der Waals surface area contributed by atoms with Crippen LogP contribution in [0.15, 0.2) is 58.9 Å². The van der Waals surface area contributed by atoms with E-state index in [1.807, 2.05) is 0 Å². The molecule has 3 rings (SSSR count). The molecule has 0 saturated carbocycles. The standard InChI is InChI=1S/C18H17N3O5/c22-8-7-21-16(23)10-15(18(21)25)20-13-5-3-12(4-6-13)17(24)19-11-14-2-1-9-26-14/h1-6,9-10,20,22H,7-8,11H2,(H,19,24). The van der Waals surface area contributed by atoms with E-state index in [0.717, 1.165) is 4.90 Å². The van der Waals surface area contributed by atoms with Crippen molar-refractivity contribution in [3.05, 3.63) is 65.8 Å². The van der Waals surface area contributed by atoms with E-state index in [1.54, 1.807) is 36.4 Å². The first-order valence-corrected chi connectivity index (χ1v) is 7.94. The van der Waals surface area contributed by atoms with Gasteiger partial charge in [0, 0.05) is 17.3 Å². The van der Waals surface area contributed by atoms with Crippen LogP contribution in [0, 0.1) is 0 Å². The second-order valence-electron chi connectivity index (χ2n) is 5.54. The van der Waals surface area contributed by atoms with Crippen LogP contribution in [0.1, 0.15) is 16.1 Å². The van der Waals surface area contributed by atoms with Gasteiger partial charge in [0.2, 0.25) is 0 Å². The molecule has 26 heavy (non-hydrogen) atoms. The maximum atomic E-state index is 12.1. The lowest BCUT2D eigenvalue weighted by Crippen LogP contribution is -2.34. The Morgan fingerprint density at radius 1 is 1.15 bits per heavy atom. The molecule has 0 radical (unpaired) electrons. The lowest BCUT2D eigenvalue weighted by atomic mass is 10.2. The predicted octanol–water partition coefficient (Wildman–Crippen LogP) is 0.866. The van der Waals surface area contributed by atoms with Crippen LogP contribution in [0.4, 0.5) is 5.69 Å². The molecule has 1 aromatic heterocycles. The Hall–Kier alpha value is -3.39. The number of hydrogen-bond donors (Lipinski definition) is 3. The zero-order valence-electron chi connectivity index (χ0n) is 13.8. The fourth-order valence-corrected chi connectivity index (χ4v) is 2.45. The van der Waals surface area contributed by atoms with Crippen molar-refractivity contribution in [3.63, 3.8) is 0 Å². The minimum absolute atomic E-state index is 0.0475. The van der Waals surface area contributed by atoms with Gasteiger partial charge in [0.15, 0.2) is 0 Å². The first kappa shape index (κ1) is 17.4. The molecule has 0 fully saturated rings. The third kappa shape index (κ3) is 3.81. The Balaban J connectivity index is 1.59. The Kier molecular flexibility index (Phi) is 5.14. The van der Waals surface area contributed by atoms with Crippen molar-refractivity contribution < 1.29 is 23.9 Å². The van der Waals surface area contributed by atoms with Crippen LogP contribution >= 0.6 is 0 Å². The first-order valence-electron chi connectivity index (χ1n) is 7.94. The van der Waals surface area contributed by atoms with E-state index in [1.165, 1.54) is 12.3 Å². The summed E-state index contributed by atoms with van der Waals surface area (Å²) in [6.45, 7) is -0.0510. The number of hydrogen-bond acceptors (Lipinski definition) is 6. The molecule has 2 aromatic rings. The molecule has 3 amide bonds. The third-order valence-electron chi connectivity index (χ3n) is 3.76. The number of aliphatic hydroxyl groups excluding tert-OH is 1. The van der Waals surface area contributed by atoms with E-state index in [-0.39, 0.29) is 31.3 Å². The Bertz CT molecular complexity index is 840. The van der Waals surface area contributed by atoms with Crippen molar-refractivity contribution in [1.29, 1.82) is 0 Å². The zero-order chi connectivity index (χ0) is 18.5. The van der Waals surface area contributed by atoms with E-state index in [9.17, 15) is 14.4 Å². The van der Waals surface area contributed by atoms with Crippen LogP contribution < -0.4 is 10.6 Å². The van der Waals surface area contributed by atoms with Crippen LogP contribution in [0.2, 0.25) is 0 Å². The molecular formula is C18H17N3O5. The van der Waals surface area contributed by atoms with Crippen molar-refractivity contribution in [2.75, 3.05) is 18.5 Å². The molecule has 134 valence electrons. The number of furan rings is 1. The molecular weight excluding hydrogens is 338 g/mol. The van der Waals surface area contributed by atoms with Crippen molar-refractivity contribution in [3.8, 4) is 0 Å². The summed E-state index contributed by atoms with van der Waals surface area (Å²) in [4.78, 5) is 36.8. The average molecular weight is 355 g/mol. The molecule has 2 heterocycles. The van der Waals surface area contributed by atoms with Gasteiger partial charge < -0.3 is 20.2 Å². The Morgan fingerprint density at radius 3 is 2.58 bits per heavy atom. The van der Waals surface area contributed by atoms with Gasteiger partial charge in [0.25, 0.3) is 17.7 Å². The first-order chi connectivity index (χ1) is 12.6. The summed E-state index contributed by atoms with van der Waals surface area (Å²) in [5, 5.41) is 14.5. The molecule has 1 aromatic carbocycles. The fraction of sp³-hybridized carbons (Fsp3) is 0.167. The summed E-state index contributed by atoms with van der Waals surface area (Å²) in [6, 6.07) is 9.98. The van der Waals surface area contributed by atoms with E-state index in [4.69, 9.17) is 9.52 Å². The van der Waals surface area contributed by atoms with Gasteiger partial charge in [0.1, 0.15) is 11.5 Å². The van der Waals surface area contributed by atoms with Crippen LogP contribution in [0.25, 0.3) is 0 Å². The average Bonchev–Trinajstić information content (AvgIpc) is 3.25. The lowest BCUT2D eigenvalue weighted by molar-refractivity contribution is -0.137. The SMILES string of the molecule is O=C(NCc1ccco1)c1ccc(NC2=CC(=O)N(CCO)C2=O)cc1. The summed E-state index contributed by atoms with van der Waals surface area (Å²) in [5.41, 5.74) is 1.14. The molecule has 1 aliphatic rings. The van der Waals surface area contributed by atoms with E-state index >= 15 is 0 Å². The topological polar surface area (TPSA) is 112 Å². The second kappa shape index (κ2) is 7.66. The van der Waals surface area contributed by atoms with E-state index in [2.05, 4.69) is 10.6 Å². The third-order valence-corrected chi connectivity index (χ3v) is 3.76. The predicted molar refractivity (Wildman–Crippen MR) is 91.8 cm³/mol. The van der Waals surface area contributed by atoms with Crippen LogP contribution in [0.3, 0.4) is 0 Å². The highest BCUT2D eigenvalue weighted by Crippen LogP contribution is 2.17. The lowest BCUT2D eigenvalue weighted by Gasteiger charge is -2.13. The highest BCUT2D eigenvalue weighted by atomic mass is 16.3. The number of rotatable bonds is 7. The van der Waals surface area contributed by atoms with Crippen molar-refractivity contribution in [1.82, 2.24) is 10.2 Å². The summed E-state index contributed by atoms with van der Waals surface area (Å²) in [6.07, 6.45) is 2.72. The van der Waals surface area contributed by atoms with Gasteiger partial charge in [-0.2, -0.15) is 0 Å². The highest BCUT2D eigenvalue weighted by molar-refractivity contribution is 6.17. The maximum Gasteiger partial charge on any atom is 0.277 e. The zero-order valence-corrected chi connectivity index (χ0v) is 13.8. The molecule has 3 N–H and O–H groups in total. The monoisotopic (exact) mass is 355 g/mol. The summed E-state index contributed by atoms with van der Waals surface area (Å²) in [5.74, 6) is -0.571. The van der Waals surface area contributed by atoms with Gasteiger partial charge >= 0.3 is 0 Å². The number of nitrogens with one attached hydrogen (secondary N) is 2. The van der Waals surface area contributed by atoms with Crippen LogP contribution in [0.5, 0.6) is 0 Å². The number of imide groups is 1. The van der Waals surface area contributed by atoms with Crippen LogP contribution in [-0.2, 0) is 16.1 Å². The van der Waals surface area contributed by atoms with Gasteiger partial charge in [-0.1, -0.05) is 0 Å². The van der Waals surface area contributed by atoms with Gasteiger partial charge in [-0.05, 0) is 36.4 Å². The number of benzene rings is 1. The maximum absolute atomic E-state index is 12.1. The van der Waals surface area contributed by atoms with E-state index in [0.29, 0.717) is 17.0 Å². The van der Waals surface area contributed by atoms with Crippen LogP contribution in [-0.4, -0.2) is 40.9 Å². The largest absolute Gasteiger partial charge is 0.467 e. The van der Waals surface area contributed by atoms with Gasteiger partial charge in [0.05, 0.1) is 26.0 Å². The number of anilines is 1. The number of carbonyl (C=O) groups excluding carboxylic acids is 3. The van der Waals surface area contributed by atoms with Gasteiger partial charge in [-0.15, -0.1) is 0 Å². The molecule has 0 atom stereocenters. The molecule has 0 spiro atoms. The number of amides is 3. The molecule has 0 unspecified atom stereocenters. The van der Waals surface area contributed by atoms with Gasteiger partial charge in [-0.25, -0.2) is 0 Å². The Labute approximate surface area is 149 Å². The summed E-state index contributed by atoms with van der Waals surface area (Å²) >= 11 is 0. The number of nitrogens with zero attached hydrogens (tertiary/aromatic N) is 1. The second-order valence-corrected chi connectivity index (χ2v) is 5.54. The fourth-order valence-electron chi connectivity index (χ4n) is 2.45. The molecule has 0 bridgehead atoms. The molecule has 0 aliphatic carbocycles. The summed E-state index contributed by atoms with van der Waals surface area (Å²) in [7, 11) is 0. The van der Waals surface area contributed by atoms with Gasteiger partial charge in [-0.3, -0.25) is 19.3 Å². The molecule has 8 nitrogen and oxygen atoms in total. The van der Waals surface area contributed by atoms with Crippen molar-refractivity contribution in [2.45, 2.75) is 6.54 Å². The minimum Gasteiger partial charge on any atom is -0.467 e. The number of aliphatic hydroxyl groups is 1.